The first kappa shape index (κ1) is 10.5. The molecule has 2 rings (SSSR count). The maximum Gasteiger partial charge on any atom is 0.123 e. The zero-order valence-electron chi connectivity index (χ0n) is 9.71. The van der Waals surface area contributed by atoms with Gasteiger partial charge in [0.05, 0.1) is 7.11 Å². The first-order valence-corrected chi connectivity index (χ1v) is 5.57. The number of hydrogen-bond acceptors (Lipinski definition) is 2. The highest BCUT2D eigenvalue weighted by atomic mass is 16.5. The maximum absolute atomic E-state index is 5.34. The molecule has 0 spiro atoms. The Morgan fingerprint density at radius 2 is 2.20 bits per heavy atom. The van der Waals surface area contributed by atoms with E-state index < -0.39 is 0 Å². The summed E-state index contributed by atoms with van der Waals surface area (Å²) in [6, 6.07) is 7.04. The Morgan fingerprint density at radius 3 is 2.80 bits per heavy atom. The van der Waals surface area contributed by atoms with Gasteiger partial charge in [0.1, 0.15) is 5.75 Å². The van der Waals surface area contributed by atoms with Gasteiger partial charge in [-0.05, 0) is 25.3 Å². The molecule has 0 aromatic heterocycles. The van der Waals surface area contributed by atoms with E-state index in [1.54, 1.807) is 7.11 Å². The fourth-order valence-corrected chi connectivity index (χ4v) is 1.89. The number of benzene rings is 1. The summed E-state index contributed by atoms with van der Waals surface area (Å²) in [5.74, 6) is 1.84. The lowest BCUT2D eigenvalue weighted by molar-refractivity contribution is 0.407. The lowest BCUT2D eigenvalue weighted by Gasteiger charge is -2.10. The summed E-state index contributed by atoms with van der Waals surface area (Å²) >= 11 is 0. The number of rotatable bonds is 4. The second kappa shape index (κ2) is 4.23. The molecule has 15 heavy (non-hydrogen) atoms. The Bertz CT molecular complexity index is 348. The van der Waals surface area contributed by atoms with Gasteiger partial charge in [0.2, 0.25) is 0 Å². The number of nitrogens with one attached hydrogen (secondary N) is 1. The first-order chi connectivity index (χ1) is 7.20. The Balaban J connectivity index is 2.01. The van der Waals surface area contributed by atoms with Crippen LogP contribution in [0.1, 0.15) is 24.5 Å². The van der Waals surface area contributed by atoms with Crippen LogP contribution in [0.5, 0.6) is 5.75 Å². The van der Waals surface area contributed by atoms with Crippen molar-refractivity contribution in [2.45, 2.75) is 32.9 Å². The van der Waals surface area contributed by atoms with Crippen LogP contribution in [-0.4, -0.2) is 13.2 Å². The third-order valence-electron chi connectivity index (χ3n) is 3.10. The summed E-state index contributed by atoms with van der Waals surface area (Å²) in [4.78, 5) is 0. The van der Waals surface area contributed by atoms with E-state index in [1.165, 1.54) is 17.5 Å². The summed E-state index contributed by atoms with van der Waals surface area (Å²) in [6.45, 7) is 5.31. The van der Waals surface area contributed by atoms with E-state index in [4.69, 9.17) is 4.74 Å². The van der Waals surface area contributed by atoms with Crippen LogP contribution in [0.3, 0.4) is 0 Å². The van der Waals surface area contributed by atoms with E-state index in [-0.39, 0.29) is 0 Å². The van der Waals surface area contributed by atoms with Gasteiger partial charge < -0.3 is 10.1 Å². The minimum absolute atomic E-state index is 0.718. The molecule has 0 amide bonds. The molecule has 0 bridgehead atoms. The van der Waals surface area contributed by atoms with Crippen LogP contribution in [0, 0.1) is 12.8 Å². The van der Waals surface area contributed by atoms with E-state index in [9.17, 15) is 0 Å². The molecule has 0 saturated heterocycles. The average molecular weight is 205 g/mol. The van der Waals surface area contributed by atoms with Gasteiger partial charge in [0, 0.05) is 18.2 Å². The van der Waals surface area contributed by atoms with Gasteiger partial charge in [-0.25, -0.2) is 0 Å². The Kier molecular flexibility index (Phi) is 2.96. The van der Waals surface area contributed by atoms with E-state index in [2.05, 4.69) is 31.3 Å². The fraction of sp³-hybridized carbons (Fsp3) is 0.538. The van der Waals surface area contributed by atoms with Crippen molar-refractivity contribution >= 4 is 0 Å². The molecule has 1 N–H and O–H groups in total. The zero-order chi connectivity index (χ0) is 10.8. The summed E-state index contributed by atoms with van der Waals surface area (Å²) in [6.07, 6.45) is 1.31. The van der Waals surface area contributed by atoms with Gasteiger partial charge in [-0.15, -0.1) is 0 Å². The minimum Gasteiger partial charge on any atom is -0.496 e. The van der Waals surface area contributed by atoms with Crippen molar-refractivity contribution in [1.82, 2.24) is 5.32 Å². The molecule has 1 fully saturated rings. The monoisotopic (exact) mass is 205 g/mol. The van der Waals surface area contributed by atoms with Crippen molar-refractivity contribution < 1.29 is 4.74 Å². The molecule has 1 aliphatic rings. The van der Waals surface area contributed by atoms with E-state index in [0.717, 1.165) is 24.3 Å². The number of ether oxygens (including phenoxy) is 1. The van der Waals surface area contributed by atoms with Crippen LogP contribution in [0.15, 0.2) is 18.2 Å². The highest BCUT2D eigenvalue weighted by Gasteiger charge is 2.31. The van der Waals surface area contributed by atoms with Gasteiger partial charge in [-0.1, -0.05) is 24.6 Å². The van der Waals surface area contributed by atoms with Crippen LogP contribution in [-0.2, 0) is 6.54 Å². The predicted octanol–water partition coefficient (Wildman–Crippen LogP) is 2.50. The minimum atomic E-state index is 0.718. The molecule has 2 atom stereocenters. The molecule has 0 aliphatic heterocycles. The van der Waals surface area contributed by atoms with Gasteiger partial charge in [-0.3, -0.25) is 0 Å². The van der Waals surface area contributed by atoms with Crippen LogP contribution < -0.4 is 10.1 Å². The molecule has 1 saturated carbocycles. The number of aryl methyl sites for hydroxylation is 1. The smallest absolute Gasteiger partial charge is 0.123 e. The first-order valence-electron chi connectivity index (χ1n) is 5.57. The summed E-state index contributed by atoms with van der Waals surface area (Å²) < 4.78 is 5.34. The second-order valence-corrected chi connectivity index (χ2v) is 4.52. The van der Waals surface area contributed by atoms with Gasteiger partial charge >= 0.3 is 0 Å². The lowest BCUT2D eigenvalue weighted by Crippen LogP contribution is -2.17. The van der Waals surface area contributed by atoms with E-state index in [1.807, 2.05) is 6.07 Å². The van der Waals surface area contributed by atoms with Crippen LogP contribution >= 0.6 is 0 Å². The maximum atomic E-state index is 5.34. The van der Waals surface area contributed by atoms with Crippen molar-refractivity contribution in [3.63, 3.8) is 0 Å². The number of methoxy groups -OCH3 is 1. The van der Waals surface area contributed by atoms with Crippen molar-refractivity contribution in [2.24, 2.45) is 5.92 Å². The summed E-state index contributed by atoms with van der Waals surface area (Å²) in [7, 11) is 1.73. The predicted molar refractivity (Wildman–Crippen MR) is 62.1 cm³/mol. The molecular formula is C13H19NO. The summed E-state index contributed by atoms with van der Waals surface area (Å²) in [5.41, 5.74) is 2.55. The van der Waals surface area contributed by atoms with Crippen LogP contribution in [0.4, 0.5) is 0 Å². The molecular weight excluding hydrogens is 186 g/mol. The second-order valence-electron chi connectivity index (χ2n) is 4.52. The molecule has 0 heterocycles. The molecule has 82 valence electrons. The number of hydrogen-bond donors (Lipinski definition) is 1. The summed E-state index contributed by atoms with van der Waals surface area (Å²) in [5, 5.41) is 3.54. The van der Waals surface area contributed by atoms with E-state index >= 15 is 0 Å². The third-order valence-corrected chi connectivity index (χ3v) is 3.10. The van der Waals surface area contributed by atoms with Crippen LogP contribution in [0.25, 0.3) is 0 Å². The third kappa shape index (κ3) is 2.51. The molecule has 2 nitrogen and oxygen atoms in total. The Labute approximate surface area is 91.6 Å². The molecule has 2 unspecified atom stereocenters. The topological polar surface area (TPSA) is 21.3 Å². The molecule has 0 radical (unpaired) electrons. The molecule has 2 heteroatoms. The van der Waals surface area contributed by atoms with Gasteiger partial charge in [0.15, 0.2) is 0 Å². The molecule has 1 aromatic carbocycles. The quantitative estimate of drug-likeness (QED) is 0.815. The van der Waals surface area contributed by atoms with Crippen molar-refractivity contribution in [3.05, 3.63) is 29.3 Å². The molecule has 1 aromatic rings. The zero-order valence-corrected chi connectivity index (χ0v) is 9.71. The Hall–Kier alpha value is -1.02. The highest BCUT2D eigenvalue weighted by molar-refractivity contribution is 5.36. The lowest BCUT2D eigenvalue weighted by atomic mass is 10.1. The van der Waals surface area contributed by atoms with Crippen molar-refractivity contribution in [2.75, 3.05) is 7.11 Å². The molecule has 1 aliphatic carbocycles. The normalized spacial score (nSPS) is 23.9. The van der Waals surface area contributed by atoms with Crippen molar-refractivity contribution in [3.8, 4) is 5.75 Å². The largest absolute Gasteiger partial charge is 0.496 e. The highest BCUT2D eigenvalue weighted by Crippen LogP contribution is 2.30. The van der Waals surface area contributed by atoms with Gasteiger partial charge in [-0.2, -0.15) is 0 Å². The standard InChI is InChI=1S/C13H19NO/c1-9-4-5-13(15-3)11(6-9)8-14-12-7-10(12)2/h4-6,10,12,14H,7-8H2,1-3H3. The fourth-order valence-electron chi connectivity index (χ4n) is 1.89. The average Bonchev–Trinajstić information content (AvgIpc) is 2.92. The SMILES string of the molecule is COc1ccc(C)cc1CNC1CC1C. The van der Waals surface area contributed by atoms with Crippen LogP contribution in [0.2, 0.25) is 0 Å². The Morgan fingerprint density at radius 1 is 1.47 bits per heavy atom. The van der Waals surface area contributed by atoms with E-state index in [0.29, 0.717) is 0 Å². The van der Waals surface area contributed by atoms with Crippen molar-refractivity contribution in [1.29, 1.82) is 0 Å². The van der Waals surface area contributed by atoms with Gasteiger partial charge in [0.25, 0.3) is 0 Å².